The van der Waals surface area contributed by atoms with E-state index in [9.17, 15) is 17.6 Å². The van der Waals surface area contributed by atoms with Crippen LogP contribution in [-0.2, 0) is 14.6 Å². The zero-order valence-corrected chi connectivity index (χ0v) is 14.1. The molecule has 120 valence electrons. The Morgan fingerprint density at radius 1 is 0.957 bits per heavy atom. The van der Waals surface area contributed by atoms with Crippen LogP contribution in [0.1, 0.15) is 18.1 Å². The van der Waals surface area contributed by atoms with Gasteiger partial charge in [-0.3, -0.25) is 4.79 Å². The smallest absolute Gasteiger partial charge is 0.175 e. The van der Waals surface area contributed by atoms with Crippen LogP contribution in [0.2, 0.25) is 0 Å². The number of halogens is 2. The number of hydrogen-bond donors (Lipinski definition) is 0. The lowest BCUT2D eigenvalue weighted by Gasteiger charge is -2.09. The van der Waals surface area contributed by atoms with Gasteiger partial charge in [0.25, 0.3) is 0 Å². The highest BCUT2D eigenvalue weighted by Crippen LogP contribution is 2.31. The maximum atomic E-state index is 13.0. The Hall–Kier alpha value is -1.98. The zero-order valence-electron chi connectivity index (χ0n) is 12.5. The third kappa shape index (κ3) is 4.06. The molecule has 2 aromatic carbocycles. The van der Waals surface area contributed by atoms with E-state index in [1.54, 1.807) is 0 Å². The van der Waals surface area contributed by atoms with E-state index in [4.69, 9.17) is 11.6 Å². The van der Waals surface area contributed by atoms with Gasteiger partial charge in [0.15, 0.2) is 15.6 Å². The number of allylic oxidation sites excluding steroid dienone is 1. The number of benzene rings is 2. The highest BCUT2D eigenvalue weighted by Gasteiger charge is 2.16. The van der Waals surface area contributed by atoms with Crippen molar-refractivity contribution in [3.05, 3.63) is 65.5 Å². The van der Waals surface area contributed by atoms with Crippen LogP contribution in [0.15, 0.2) is 53.4 Å². The lowest BCUT2D eigenvalue weighted by Crippen LogP contribution is -2.01. The summed E-state index contributed by atoms with van der Waals surface area (Å²) in [4.78, 5) is 12.1. The van der Waals surface area contributed by atoms with Gasteiger partial charge in [0, 0.05) is 11.8 Å². The maximum Gasteiger partial charge on any atom is 0.175 e. The lowest BCUT2D eigenvalue weighted by atomic mass is 9.99. The van der Waals surface area contributed by atoms with Crippen LogP contribution in [-0.4, -0.2) is 20.5 Å². The van der Waals surface area contributed by atoms with E-state index in [0.717, 1.165) is 6.26 Å². The van der Waals surface area contributed by atoms with E-state index in [1.807, 2.05) is 0 Å². The van der Waals surface area contributed by atoms with Gasteiger partial charge in [-0.15, -0.1) is 0 Å². The molecule has 0 bridgehead atoms. The molecule has 0 aromatic heterocycles. The molecule has 2 rings (SSSR count). The Kier molecular flexibility index (Phi) is 5.02. The van der Waals surface area contributed by atoms with Crippen molar-refractivity contribution in [1.29, 1.82) is 0 Å². The normalized spacial score (nSPS) is 12.7. The summed E-state index contributed by atoms with van der Waals surface area (Å²) in [6, 6.07) is 11.4. The first-order valence-electron chi connectivity index (χ1n) is 6.67. The number of rotatable bonds is 4. The summed E-state index contributed by atoms with van der Waals surface area (Å²) in [7, 11) is -3.32. The largest absolute Gasteiger partial charge is 0.294 e. The van der Waals surface area contributed by atoms with Gasteiger partial charge in [0.2, 0.25) is 0 Å². The average molecular weight is 353 g/mol. The van der Waals surface area contributed by atoms with Gasteiger partial charge in [0.05, 0.1) is 9.93 Å². The minimum atomic E-state index is -3.32. The van der Waals surface area contributed by atoms with Crippen LogP contribution in [0.25, 0.3) is 10.6 Å². The number of ketones is 1. The molecule has 0 aliphatic rings. The van der Waals surface area contributed by atoms with E-state index in [1.165, 1.54) is 55.5 Å². The molecule has 0 aliphatic carbocycles. The van der Waals surface area contributed by atoms with Gasteiger partial charge >= 0.3 is 0 Å². The molecule has 0 heterocycles. The number of carbonyl (C=O) groups excluding carboxylic acids is 1. The first kappa shape index (κ1) is 17.4. The molecule has 6 heteroatoms. The fraction of sp³-hybridized carbons (Fsp3) is 0.118. The van der Waals surface area contributed by atoms with E-state index in [2.05, 4.69) is 0 Å². The Morgan fingerprint density at radius 3 is 1.87 bits per heavy atom. The summed E-state index contributed by atoms with van der Waals surface area (Å²) in [6.45, 7) is 1.37. The Bertz CT molecular complexity index is 867. The van der Waals surface area contributed by atoms with Gasteiger partial charge < -0.3 is 0 Å². The molecule has 23 heavy (non-hydrogen) atoms. The second-order valence-electron chi connectivity index (χ2n) is 5.05. The van der Waals surface area contributed by atoms with Crippen LogP contribution in [0.4, 0.5) is 4.39 Å². The molecular formula is C17H14ClFO3S. The van der Waals surface area contributed by atoms with Gasteiger partial charge in [-0.2, -0.15) is 0 Å². The van der Waals surface area contributed by atoms with E-state index < -0.39 is 15.7 Å². The molecule has 0 saturated heterocycles. The van der Waals surface area contributed by atoms with Crippen molar-refractivity contribution < 1.29 is 17.6 Å². The van der Waals surface area contributed by atoms with Crippen molar-refractivity contribution in [3.8, 4) is 0 Å². The molecule has 0 aliphatic heterocycles. The standard InChI is InChI=1S/C17H14ClFO3S/c1-11(20)16(17(18)13-3-7-14(19)8-4-13)12-5-9-15(10-6-12)23(2,21)22/h3-10H,1-2H3/b17-16-. The number of Topliss-reactive ketones (excluding diaryl/α,β-unsaturated/α-hetero) is 1. The van der Waals surface area contributed by atoms with Gasteiger partial charge in [-0.25, -0.2) is 12.8 Å². The molecule has 0 atom stereocenters. The third-order valence-electron chi connectivity index (χ3n) is 3.24. The fourth-order valence-electron chi connectivity index (χ4n) is 2.09. The van der Waals surface area contributed by atoms with Crippen LogP contribution < -0.4 is 0 Å². The molecular weight excluding hydrogens is 339 g/mol. The summed E-state index contributed by atoms with van der Waals surface area (Å²) < 4.78 is 36.0. The Balaban J connectivity index is 2.56. The number of sulfone groups is 1. The monoisotopic (exact) mass is 352 g/mol. The van der Waals surface area contributed by atoms with Crippen LogP contribution >= 0.6 is 11.6 Å². The third-order valence-corrected chi connectivity index (χ3v) is 4.78. The highest BCUT2D eigenvalue weighted by atomic mass is 35.5. The summed E-state index contributed by atoms with van der Waals surface area (Å²) in [5, 5.41) is 0.185. The Morgan fingerprint density at radius 2 is 1.43 bits per heavy atom. The van der Waals surface area contributed by atoms with E-state index in [0.29, 0.717) is 11.1 Å². The van der Waals surface area contributed by atoms with Gasteiger partial charge in [0.1, 0.15) is 5.82 Å². The van der Waals surface area contributed by atoms with Crippen molar-refractivity contribution in [2.24, 2.45) is 0 Å². The fourth-order valence-corrected chi connectivity index (χ4v) is 3.09. The first-order chi connectivity index (χ1) is 10.7. The molecule has 0 amide bonds. The summed E-state index contributed by atoms with van der Waals surface area (Å²) >= 11 is 6.30. The molecule has 2 aromatic rings. The molecule has 3 nitrogen and oxygen atoms in total. The second-order valence-corrected chi connectivity index (χ2v) is 7.44. The van der Waals surface area contributed by atoms with Crippen LogP contribution in [0.3, 0.4) is 0 Å². The second kappa shape index (κ2) is 6.64. The Labute approximate surface area is 139 Å². The van der Waals surface area contributed by atoms with Crippen molar-refractivity contribution in [1.82, 2.24) is 0 Å². The van der Waals surface area contributed by atoms with Crippen molar-refractivity contribution in [3.63, 3.8) is 0 Å². The zero-order chi connectivity index (χ0) is 17.2. The predicted octanol–water partition coefficient (Wildman–Crippen LogP) is 3.93. The summed E-state index contributed by atoms with van der Waals surface area (Å²) in [5.74, 6) is -0.675. The average Bonchev–Trinajstić information content (AvgIpc) is 2.47. The molecule has 0 unspecified atom stereocenters. The maximum absolute atomic E-state index is 13.0. The molecule has 0 fully saturated rings. The summed E-state index contributed by atoms with van der Waals surface area (Å²) in [5.41, 5.74) is 1.25. The molecule has 0 N–H and O–H groups in total. The van der Waals surface area contributed by atoms with Crippen molar-refractivity contribution in [2.75, 3.05) is 6.26 Å². The molecule has 0 spiro atoms. The highest BCUT2D eigenvalue weighted by molar-refractivity contribution is 7.90. The minimum absolute atomic E-state index is 0.155. The number of hydrogen-bond acceptors (Lipinski definition) is 3. The predicted molar refractivity (Wildman–Crippen MR) is 89.3 cm³/mol. The lowest BCUT2D eigenvalue weighted by molar-refractivity contribution is -0.111. The van der Waals surface area contributed by atoms with Gasteiger partial charge in [-0.05, 0) is 42.3 Å². The van der Waals surface area contributed by atoms with Crippen LogP contribution in [0, 0.1) is 5.82 Å². The van der Waals surface area contributed by atoms with Crippen molar-refractivity contribution in [2.45, 2.75) is 11.8 Å². The van der Waals surface area contributed by atoms with Gasteiger partial charge in [-0.1, -0.05) is 35.9 Å². The minimum Gasteiger partial charge on any atom is -0.294 e. The van der Waals surface area contributed by atoms with E-state index in [-0.39, 0.29) is 21.3 Å². The molecule has 0 radical (unpaired) electrons. The van der Waals surface area contributed by atoms with Crippen LogP contribution in [0.5, 0.6) is 0 Å². The quantitative estimate of drug-likeness (QED) is 0.619. The number of carbonyl (C=O) groups is 1. The van der Waals surface area contributed by atoms with Crippen molar-refractivity contribution >= 4 is 37.8 Å². The summed E-state index contributed by atoms with van der Waals surface area (Å²) in [6.07, 6.45) is 1.11. The SMILES string of the molecule is CC(=O)/C(=C(/Cl)c1ccc(F)cc1)c1ccc(S(C)(=O)=O)cc1. The molecule has 0 saturated carbocycles. The van der Waals surface area contributed by atoms with E-state index >= 15 is 0 Å². The first-order valence-corrected chi connectivity index (χ1v) is 8.94. The topological polar surface area (TPSA) is 51.2 Å².